The van der Waals surface area contributed by atoms with Crippen LogP contribution in [0.25, 0.3) is 11.4 Å². The van der Waals surface area contributed by atoms with Gasteiger partial charge in [-0.3, -0.25) is 4.57 Å². The van der Waals surface area contributed by atoms with Gasteiger partial charge in [-0.1, -0.05) is 42.1 Å². The van der Waals surface area contributed by atoms with Crippen LogP contribution in [0.2, 0.25) is 0 Å². The van der Waals surface area contributed by atoms with Crippen LogP contribution in [0, 0.1) is 5.82 Å². The first-order valence-electron chi connectivity index (χ1n) is 8.84. The van der Waals surface area contributed by atoms with E-state index in [9.17, 15) is 9.50 Å². The number of methoxy groups -OCH3 is 1. The number of nitrogens with zero attached hydrogens (tertiary/aromatic N) is 3. The zero-order chi connectivity index (χ0) is 19.8. The van der Waals surface area contributed by atoms with Crippen molar-refractivity contribution in [3.63, 3.8) is 0 Å². The molecule has 0 amide bonds. The number of hydrogen-bond acceptors (Lipinski definition) is 6. The molecule has 148 valence electrons. The number of benzene rings is 2. The SMILES string of the molecule is COCCn1c(SC[C@@H](O)COc2ccc(F)cc2)nnc1-c1ccccc1. The van der Waals surface area contributed by atoms with Crippen molar-refractivity contribution in [3.8, 4) is 17.1 Å². The van der Waals surface area contributed by atoms with Crippen molar-refractivity contribution in [2.75, 3.05) is 26.1 Å². The van der Waals surface area contributed by atoms with Crippen LogP contribution in [0.1, 0.15) is 0 Å². The van der Waals surface area contributed by atoms with Crippen molar-refractivity contribution in [2.45, 2.75) is 17.8 Å². The number of aromatic nitrogens is 3. The third-order valence-corrected chi connectivity index (χ3v) is 5.04. The largest absolute Gasteiger partial charge is 0.491 e. The van der Waals surface area contributed by atoms with Gasteiger partial charge >= 0.3 is 0 Å². The Morgan fingerprint density at radius 1 is 1.11 bits per heavy atom. The zero-order valence-electron chi connectivity index (χ0n) is 15.5. The summed E-state index contributed by atoms with van der Waals surface area (Å²) in [4.78, 5) is 0. The van der Waals surface area contributed by atoms with Gasteiger partial charge in [0.15, 0.2) is 11.0 Å². The van der Waals surface area contributed by atoms with Crippen molar-refractivity contribution in [1.82, 2.24) is 14.8 Å². The lowest BCUT2D eigenvalue weighted by Crippen LogP contribution is -2.20. The molecule has 1 heterocycles. The Morgan fingerprint density at radius 2 is 1.86 bits per heavy atom. The first kappa shape index (κ1) is 20.3. The van der Waals surface area contributed by atoms with Gasteiger partial charge in [-0.15, -0.1) is 10.2 Å². The van der Waals surface area contributed by atoms with E-state index >= 15 is 0 Å². The monoisotopic (exact) mass is 403 g/mol. The fourth-order valence-electron chi connectivity index (χ4n) is 2.52. The second-order valence-electron chi connectivity index (χ2n) is 6.05. The molecule has 28 heavy (non-hydrogen) atoms. The number of ether oxygens (including phenoxy) is 2. The Hall–Kier alpha value is -2.42. The first-order valence-corrected chi connectivity index (χ1v) is 9.82. The van der Waals surface area contributed by atoms with Crippen molar-refractivity contribution in [2.24, 2.45) is 0 Å². The molecule has 0 aliphatic heterocycles. The van der Waals surface area contributed by atoms with Crippen molar-refractivity contribution in [3.05, 3.63) is 60.4 Å². The average Bonchev–Trinajstić information content (AvgIpc) is 3.13. The third kappa shape index (κ3) is 5.54. The molecule has 1 aromatic heterocycles. The van der Waals surface area contributed by atoms with E-state index in [4.69, 9.17) is 9.47 Å². The first-order chi connectivity index (χ1) is 13.7. The molecule has 0 saturated heterocycles. The zero-order valence-corrected chi connectivity index (χ0v) is 16.3. The Morgan fingerprint density at radius 3 is 2.57 bits per heavy atom. The highest BCUT2D eigenvalue weighted by molar-refractivity contribution is 7.99. The Labute approximate surface area is 167 Å². The Kier molecular flexibility index (Phi) is 7.41. The van der Waals surface area contributed by atoms with Gasteiger partial charge in [0.25, 0.3) is 0 Å². The molecule has 0 saturated carbocycles. The Bertz CT molecular complexity index is 859. The van der Waals surface area contributed by atoms with Crippen LogP contribution in [0.3, 0.4) is 0 Å². The van der Waals surface area contributed by atoms with Gasteiger partial charge in [-0.05, 0) is 24.3 Å². The summed E-state index contributed by atoms with van der Waals surface area (Å²) in [6.45, 7) is 1.25. The molecule has 1 atom stereocenters. The van der Waals surface area contributed by atoms with E-state index in [0.29, 0.717) is 29.8 Å². The smallest absolute Gasteiger partial charge is 0.191 e. The number of rotatable bonds is 10. The van der Waals surface area contributed by atoms with Crippen LogP contribution in [0.5, 0.6) is 5.75 Å². The van der Waals surface area contributed by atoms with E-state index in [0.717, 1.165) is 11.4 Å². The second-order valence-corrected chi connectivity index (χ2v) is 7.03. The van der Waals surface area contributed by atoms with Crippen molar-refractivity contribution < 1.29 is 19.0 Å². The van der Waals surface area contributed by atoms with E-state index in [1.165, 1.54) is 36.0 Å². The Balaban J connectivity index is 1.61. The van der Waals surface area contributed by atoms with Crippen LogP contribution in [-0.4, -0.2) is 52.1 Å². The second kappa shape index (κ2) is 10.2. The highest BCUT2D eigenvalue weighted by Gasteiger charge is 2.16. The van der Waals surface area contributed by atoms with Gasteiger partial charge in [-0.25, -0.2) is 4.39 Å². The molecular weight excluding hydrogens is 381 g/mol. The molecule has 0 fully saturated rings. The lowest BCUT2D eigenvalue weighted by Gasteiger charge is -2.13. The molecule has 1 N–H and O–H groups in total. The van der Waals surface area contributed by atoms with E-state index in [2.05, 4.69) is 10.2 Å². The van der Waals surface area contributed by atoms with Gasteiger partial charge in [0.2, 0.25) is 0 Å². The highest BCUT2D eigenvalue weighted by Crippen LogP contribution is 2.24. The maximum Gasteiger partial charge on any atom is 0.191 e. The molecule has 0 aliphatic rings. The number of aliphatic hydroxyl groups is 1. The molecule has 0 aliphatic carbocycles. The van der Waals surface area contributed by atoms with Gasteiger partial charge < -0.3 is 14.6 Å². The number of hydrogen-bond donors (Lipinski definition) is 1. The van der Waals surface area contributed by atoms with Crippen LogP contribution < -0.4 is 4.74 Å². The quantitative estimate of drug-likeness (QED) is 0.524. The standard InChI is InChI=1S/C20H22FN3O3S/c1-26-12-11-24-19(15-5-3-2-4-6-15)22-23-20(24)28-14-17(25)13-27-18-9-7-16(21)8-10-18/h2-10,17,25H,11-14H2,1H3/t17-/m0/s1. The fraction of sp³-hybridized carbons (Fsp3) is 0.300. The molecule has 8 heteroatoms. The van der Waals surface area contributed by atoms with E-state index in [1.54, 1.807) is 7.11 Å². The summed E-state index contributed by atoms with van der Waals surface area (Å²) >= 11 is 1.40. The lowest BCUT2D eigenvalue weighted by atomic mass is 10.2. The van der Waals surface area contributed by atoms with Gasteiger partial charge in [0, 0.05) is 18.4 Å². The number of halogens is 1. The average molecular weight is 403 g/mol. The van der Waals surface area contributed by atoms with Gasteiger partial charge in [0.05, 0.1) is 19.3 Å². The molecular formula is C20H22FN3O3S. The predicted molar refractivity (Wildman–Crippen MR) is 106 cm³/mol. The topological polar surface area (TPSA) is 69.4 Å². The molecule has 0 bridgehead atoms. The molecule has 3 aromatic rings. The normalized spacial score (nSPS) is 12.1. The molecule has 6 nitrogen and oxygen atoms in total. The van der Waals surface area contributed by atoms with Gasteiger partial charge in [-0.2, -0.15) is 0 Å². The molecule has 3 rings (SSSR count). The summed E-state index contributed by atoms with van der Waals surface area (Å²) in [7, 11) is 1.65. The predicted octanol–water partition coefficient (Wildman–Crippen LogP) is 3.26. The molecule has 0 radical (unpaired) electrons. The fourth-order valence-corrected chi connectivity index (χ4v) is 3.39. The van der Waals surface area contributed by atoms with Crippen molar-refractivity contribution in [1.29, 1.82) is 0 Å². The lowest BCUT2D eigenvalue weighted by molar-refractivity contribution is 0.126. The summed E-state index contributed by atoms with van der Waals surface area (Å²) in [5.74, 6) is 1.34. The van der Waals surface area contributed by atoms with Gasteiger partial charge in [0.1, 0.15) is 18.2 Å². The minimum Gasteiger partial charge on any atom is -0.491 e. The minimum atomic E-state index is -0.706. The summed E-state index contributed by atoms with van der Waals surface area (Å²) in [5, 5.41) is 19.5. The maximum atomic E-state index is 12.9. The maximum absolute atomic E-state index is 12.9. The summed E-state index contributed by atoms with van der Waals surface area (Å²) in [5.41, 5.74) is 0.971. The molecule has 0 spiro atoms. The van der Waals surface area contributed by atoms with E-state index in [-0.39, 0.29) is 12.4 Å². The summed E-state index contributed by atoms with van der Waals surface area (Å²) in [6, 6.07) is 15.5. The van der Waals surface area contributed by atoms with Crippen LogP contribution in [0.4, 0.5) is 4.39 Å². The van der Waals surface area contributed by atoms with E-state index < -0.39 is 6.10 Å². The minimum absolute atomic E-state index is 0.108. The molecule has 0 unspecified atom stereocenters. The van der Waals surface area contributed by atoms with Crippen molar-refractivity contribution >= 4 is 11.8 Å². The van der Waals surface area contributed by atoms with Crippen LogP contribution in [0.15, 0.2) is 59.8 Å². The summed E-state index contributed by atoms with van der Waals surface area (Å²) < 4.78 is 25.6. The molecule has 2 aromatic carbocycles. The number of aliphatic hydroxyl groups excluding tert-OH is 1. The van der Waals surface area contributed by atoms with Crippen LogP contribution in [-0.2, 0) is 11.3 Å². The highest BCUT2D eigenvalue weighted by atomic mass is 32.2. The number of thioether (sulfide) groups is 1. The third-order valence-electron chi connectivity index (χ3n) is 3.93. The summed E-state index contributed by atoms with van der Waals surface area (Å²) in [6.07, 6.45) is -0.706. The van der Waals surface area contributed by atoms with Crippen LogP contribution >= 0.6 is 11.8 Å². The van der Waals surface area contributed by atoms with E-state index in [1.807, 2.05) is 34.9 Å².